The number of nitrogens with zero attached hydrogens (tertiary/aromatic N) is 1. The molecule has 0 saturated heterocycles. The van der Waals surface area contributed by atoms with Crippen molar-refractivity contribution >= 4 is 51.3 Å². The molecular formula is C23H23Cl2N3O2. The quantitative estimate of drug-likeness (QED) is 0.520. The Morgan fingerprint density at radius 3 is 2.87 bits per heavy atom. The standard InChI is InChI=1S/C23H23Cl2N3O2/c1-30-17-3-5-21-18(13-17)19(14-26-21)15-6-9-28(10-7-15)11-8-23(29)27-22-12-16(24)2-4-20(22)25/h2-6,12-14,26H,7-11H2,1H3,(H,27,29). The number of H-pyrrole nitrogens is 1. The average molecular weight is 444 g/mol. The predicted molar refractivity (Wildman–Crippen MR) is 124 cm³/mol. The van der Waals surface area contributed by atoms with Crippen LogP contribution in [0.25, 0.3) is 16.5 Å². The van der Waals surface area contributed by atoms with Gasteiger partial charge in [0.05, 0.1) is 17.8 Å². The van der Waals surface area contributed by atoms with E-state index in [4.69, 9.17) is 27.9 Å². The Hall–Kier alpha value is -2.47. The van der Waals surface area contributed by atoms with Gasteiger partial charge in [0.1, 0.15) is 5.75 Å². The third kappa shape index (κ3) is 4.64. The lowest BCUT2D eigenvalue weighted by Gasteiger charge is -2.26. The van der Waals surface area contributed by atoms with E-state index in [0.717, 1.165) is 30.8 Å². The molecule has 2 aromatic carbocycles. The predicted octanol–water partition coefficient (Wildman–Crippen LogP) is 5.60. The van der Waals surface area contributed by atoms with Gasteiger partial charge in [-0.15, -0.1) is 0 Å². The van der Waals surface area contributed by atoms with Gasteiger partial charge in [0.15, 0.2) is 0 Å². The second-order valence-corrected chi connectivity index (χ2v) is 8.16. The number of amides is 1. The summed E-state index contributed by atoms with van der Waals surface area (Å²) in [6.45, 7) is 2.42. The largest absolute Gasteiger partial charge is 0.497 e. The van der Waals surface area contributed by atoms with E-state index in [1.807, 2.05) is 12.1 Å². The van der Waals surface area contributed by atoms with Crippen molar-refractivity contribution in [2.75, 3.05) is 32.1 Å². The summed E-state index contributed by atoms with van der Waals surface area (Å²) in [4.78, 5) is 17.9. The fraction of sp³-hybridized carbons (Fsp3) is 0.261. The summed E-state index contributed by atoms with van der Waals surface area (Å²) < 4.78 is 5.37. The SMILES string of the molecule is COc1ccc2[nH]cc(C3=CCN(CCC(=O)Nc4cc(Cl)ccc4Cl)CC3)c2c1. The van der Waals surface area contributed by atoms with E-state index in [9.17, 15) is 4.79 Å². The molecule has 0 aliphatic carbocycles. The topological polar surface area (TPSA) is 57.4 Å². The van der Waals surface area contributed by atoms with Crippen molar-refractivity contribution in [2.24, 2.45) is 0 Å². The van der Waals surface area contributed by atoms with Crippen LogP contribution in [0.2, 0.25) is 10.0 Å². The van der Waals surface area contributed by atoms with E-state index in [2.05, 4.69) is 33.5 Å². The van der Waals surface area contributed by atoms with Crippen LogP contribution in [0, 0.1) is 0 Å². The van der Waals surface area contributed by atoms with E-state index >= 15 is 0 Å². The number of methoxy groups -OCH3 is 1. The van der Waals surface area contributed by atoms with Gasteiger partial charge in [-0.05, 0) is 48.4 Å². The molecule has 7 heteroatoms. The molecule has 1 aliphatic heterocycles. The second kappa shape index (κ2) is 9.13. The van der Waals surface area contributed by atoms with Gasteiger partial charge < -0.3 is 15.0 Å². The Balaban J connectivity index is 1.35. The smallest absolute Gasteiger partial charge is 0.225 e. The first kappa shape index (κ1) is 20.8. The molecule has 0 spiro atoms. The molecule has 0 atom stereocenters. The van der Waals surface area contributed by atoms with Crippen LogP contribution in [0.3, 0.4) is 0 Å². The van der Waals surface area contributed by atoms with Crippen molar-refractivity contribution < 1.29 is 9.53 Å². The number of aromatic nitrogens is 1. The first-order valence-electron chi connectivity index (χ1n) is 9.85. The molecule has 30 heavy (non-hydrogen) atoms. The zero-order valence-electron chi connectivity index (χ0n) is 16.7. The number of anilines is 1. The number of hydrogen-bond acceptors (Lipinski definition) is 3. The summed E-state index contributed by atoms with van der Waals surface area (Å²) in [5, 5.41) is 5.03. The van der Waals surface area contributed by atoms with Crippen LogP contribution in [-0.4, -0.2) is 42.5 Å². The van der Waals surface area contributed by atoms with Crippen LogP contribution in [0.1, 0.15) is 18.4 Å². The highest BCUT2D eigenvalue weighted by molar-refractivity contribution is 6.35. The summed E-state index contributed by atoms with van der Waals surface area (Å²) in [7, 11) is 1.68. The number of carbonyl (C=O) groups is 1. The molecule has 4 rings (SSSR count). The maximum Gasteiger partial charge on any atom is 0.225 e. The molecule has 1 aromatic heterocycles. The van der Waals surface area contributed by atoms with Gasteiger partial charge in [-0.2, -0.15) is 0 Å². The molecule has 156 valence electrons. The highest BCUT2D eigenvalue weighted by Crippen LogP contribution is 2.31. The molecule has 1 amide bonds. The summed E-state index contributed by atoms with van der Waals surface area (Å²) in [6, 6.07) is 11.1. The van der Waals surface area contributed by atoms with Crippen molar-refractivity contribution in [1.82, 2.24) is 9.88 Å². The number of benzene rings is 2. The number of hydrogen-bond donors (Lipinski definition) is 2. The van der Waals surface area contributed by atoms with Gasteiger partial charge in [0, 0.05) is 53.7 Å². The minimum Gasteiger partial charge on any atom is -0.497 e. The molecular weight excluding hydrogens is 421 g/mol. The van der Waals surface area contributed by atoms with E-state index in [1.165, 1.54) is 16.5 Å². The molecule has 0 fully saturated rings. The van der Waals surface area contributed by atoms with E-state index in [-0.39, 0.29) is 5.91 Å². The number of nitrogens with one attached hydrogen (secondary N) is 2. The van der Waals surface area contributed by atoms with Crippen LogP contribution >= 0.6 is 23.2 Å². The third-order valence-electron chi connectivity index (χ3n) is 5.39. The molecule has 0 unspecified atom stereocenters. The van der Waals surface area contributed by atoms with Crippen LogP contribution in [0.4, 0.5) is 5.69 Å². The molecule has 5 nitrogen and oxygen atoms in total. The van der Waals surface area contributed by atoms with E-state index in [1.54, 1.807) is 25.3 Å². The van der Waals surface area contributed by atoms with E-state index < -0.39 is 0 Å². The Morgan fingerprint density at radius 1 is 1.23 bits per heavy atom. The van der Waals surface area contributed by atoms with Gasteiger partial charge >= 0.3 is 0 Å². The summed E-state index contributed by atoms with van der Waals surface area (Å²) in [5.41, 5.74) is 4.19. The fourth-order valence-electron chi connectivity index (χ4n) is 3.72. The number of ether oxygens (including phenoxy) is 1. The van der Waals surface area contributed by atoms with Crippen molar-refractivity contribution in [1.29, 1.82) is 0 Å². The molecule has 2 N–H and O–H groups in total. The molecule has 0 bridgehead atoms. The van der Waals surface area contributed by atoms with Crippen molar-refractivity contribution in [3.63, 3.8) is 0 Å². The van der Waals surface area contributed by atoms with Gasteiger partial charge in [-0.25, -0.2) is 0 Å². The first-order chi connectivity index (χ1) is 14.5. The van der Waals surface area contributed by atoms with Gasteiger partial charge in [0.25, 0.3) is 0 Å². The molecule has 3 aromatic rings. The first-order valence-corrected chi connectivity index (χ1v) is 10.6. The molecule has 0 radical (unpaired) electrons. The maximum absolute atomic E-state index is 12.3. The number of halogens is 2. The average Bonchev–Trinajstić information content (AvgIpc) is 3.18. The highest BCUT2D eigenvalue weighted by atomic mass is 35.5. The van der Waals surface area contributed by atoms with Crippen molar-refractivity contribution in [2.45, 2.75) is 12.8 Å². The maximum atomic E-state index is 12.3. The van der Waals surface area contributed by atoms with Crippen LogP contribution in [-0.2, 0) is 4.79 Å². The molecule has 0 saturated carbocycles. The summed E-state index contributed by atoms with van der Waals surface area (Å²) in [5.74, 6) is 0.782. The fourth-order valence-corrected chi connectivity index (χ4v) is 4.05. The van der Waals surface area contributed by atoms with Crippen molar-refractivity contribution in [3.8, 4) is 5.75 Å². The third-order valence-corrected chi connectivity index (χ3v) is 5.95. The van der Waals surface area contributed by atoms with Gasteiger partial charge in [-0.3, -0.25) is 9.69 Å². The van der Waals surface area contributed by atoms with Gasteiger partial charge in [-0.1, -0.05) is 29.3 Å². The normalized spacial score (nSPS) is 14.6. The summed E-state index contributed by atoms with van der Waals surface area (Å²) >= 11 is 12.1. The number of aromatic amines is 1. The van der Waals surface area contributed by atoms with Crippen molar-refractivity contribution in [3.05, 3.63) is 64.3 Å². The number of rotatable bonds is 6. The molecule has 2 heterocycles. The lowest BCUT2D eigenvalue weighted by Crippen LogP contribution is -2.31. The molecule has 1 aliphatic rings. The van der Waals surface area contributed by atoms with Crippen LogP contribution < -0.4 is 10.1 Å². The Bertz CT molecular complexity index is 1110. The summed E-state index contributed by atoms with van der Waals surface area (Å²) in [6.07, 6.45) is 5.65. The highest BCUT2D eigenvalue weighted by Gasteiger charge is 2.17. The number of carbonyl (C=O) groups excluding carboxylic acids is 1. The Kier molecular flexibility index (Phi) is 6.32. The number of fused-ring (bicyclic) bond motifs is 1. The zero-order valence-corrected chi connectivity index (χ0v) is 18.2. The zero-order chi connectivity index (χ0) is 21.1. The van der Waals surface area contributed by atoms with Crippen LogP contribution in [0.5, 0.6) is 5.75 Å². The Labute approximate surface area is 185 Å². The minimum absolute atomic E-state index is 0.0716. The lowest BCUT2D eigenvalue weighted by molar-refractivity contribution is -0.116. The monoisotopic (exact) mass is 443 g/mol. The Morgan fingerprint density at radius 2 is 2.10 bits per heavy atom. The second-order valence-electron chi connectivity index (χ2n) is 7.32. The van der Waals surface area contributed by atoms with Crippen LogP contribution in [0.15, 0.2) is 48.7 Å². The lowest BCUT2D eigenvalue weighted by atomic mass is 9.98. The van der Waals surface area contributed by atoms with Gasteiger partial charge in [0.2, 0.25) is 5.91 Å². The minimum atomic E-state index is -0.0716. The van der Waals surface area contributed by atoms with E-state index in [0.29, 0.717) is 28.7 Å².